The topological polar surface area (TPSA) is 34.1 Å². The van der Waals surface area contributed by atoms with E-state index in [4.69, 9.17) is 4.74 Å². The van der Waals surface area contributed by atoms with Crippen molar-refractivity contribution in [3.05, 3.63) is 94.7 Å². The van der Waals surface area contributed by atoms with E-state index in [1.54, 1.807) is 0 Å². The predicted octanol–water partition coefficient (Wildman–Crippen LogP) is 4.60. The molecule has 0 amide bonds. The molecule has 4 heteroatoms. The van der Waals surface area contributed by atoms with Gasteiger partial charge in [-0.2, -0.15) is 0 Å². The number of nitrogens with one attached hydrogen (secondary N) is 1. The quantitative estimate of drug-likeness (QED) is 0.606. The average Bonchev–Trinajstić information content (AvgIpc) is 2.65. The van der Waals surface area contributed by atoms with E-state index in [1.165, 1.54) is 5.56 Å². The van der Waals surface area contributed by atoms with Crippen molar-refractivity contribution < 1.29 is 4.74 Å². The summed E-state index contributed by atoms with van der Waals surface area (Å²) in [6.07, 6.45) is 1.82. The largest absolute Gasteiger partial charge is 0.492 e. The van der Waals surface area contributed by atoms with Crippen molar-refractivity contribution in [2.75, 3.05) is 13.2 Å². The molecule has 2 aromatic carbocycles. The van der Waals surface area contributed by atoms with Crippen LogP contribution in [0.3, 0.4) is 0 Å². The second kappa shape index (κ2) is 8.62. The van der Waals surface area contributed by atoms with Gasteiger partial charge in [-0.05, 0) is 42.0 Å². The molecule has 1 aromatic heterocycles. The minimum Gasteiger partial charge on any atom is -0.492 e. The number of hydrogen-bond acceptors (Lipinski definition) is 3. The zero-order valence-corrected chi connectivity index (χ0v) is 14.8. The van der Waals surface area contributed by atoms with Gasteiger partial charge < -0.3 is 10.1 Å². The molecule has 0 bridgehead atoms. The van der Waals surface area contributed by atoms with Crippen molar-refractivity contribution in [3.63, 3.8) is 0 Å². The highest BCUT2D eigenvalue weighted by Gasteiger charge is 2.14. The molecule has 0 aliphatic heterocycles. The van der Waals surface area contributed by atoms with Crippen LogP contribution in [0.25, 0.3) is 0 Å². The summed E-state index contributed by atoms with van der Waals surface area (Å²) in [6.45, 7) is 1.32. The summed E-state index contributed by atoms with van der Waals surface area (Å²) >= 11 is 3.42. The second-order valence-corrected chi connectivity index (χ2v) is 6.27. The summed E-state index contributed by atoms with van der Waals surface area (Å²) in [7, 11) is 0. The van der Waals surface area contributed by atoms with Crippen molar-refractivity contribution in [2.45, 2.75) is 6.04 Å². The Morgan fingerprint density at radius 2 is 1.67 bits per heavy atom. The van der Waals surface area contributed by atoms with Gasteiger partial charge in [0.15, 0.2) is 0 Å². The van der Waals surface area contributed by atoms with Gasteiger partial charge in [0.1, 0.15) is 12.4 Å². The first-order chi connectivity index (χ1) is 11.8. The summed E-state index contributed by atoms with van der Waals surface area (Å²) in [4.78, 5) is 4.49. The fraction of sp³-hybridized carbons (Fsp3) is 0.150. The Morgan fingerprint density at radius 3 is 2.38 bits per heavy atom. The molecule has 3 rings (SSSR count). The fourth-order valence-electron chi connectivity index (χ4n) is 2.49. The third-order valence-corrected chi connectivity index (χ3v) is 4.18. The average molecular weight is 383 g/mol. The van der Waals surface area contributed by atoms with E-state index in [0.717, 1.165) is 22.5 Å². The minimum absolute atomic E-state index is 0.0564. The first kappa shape index (κ1) is 16.7. The van der Waals surface area contributed by atoms with Crippen LogP contribution in [0.1, 0.15) is 17.3 Å². The lowest BCUT2D eigenvalue weighted by Crippen LogP contribution is -2.27. The van der Waals surface area contributed by atoms with E-state index < -0.39 is 0 Å². The van der Waals surface area contributed by atoms with Gasteiger partial charge in [-0.25, -0.2) is 0 Å². The summed E-state index contributed by atoms with van der Waals surface area (Å²) in [5, 5.41) is 3.54. The lowest BCUT2D eigenvalue weighted by atomic mass is 10.0. The third kappa shape index (κ3) is 4.66. The van der Waals surface area contributed by atoms with E-state index in [-0.39, 0.29) is 6.04 Å². The number of aromatic nitrogens is 1. The van der Waals surface area contributed by atoms with Crippen LogP contribution in [0.4, 0.5) is 0 Å². The molecule has 1 heterocycles. The summed E-state index contributed by atoms with van der Waals surface area (Å²) in [5.41, 5.74) is 2.20. The highest BCUT2D eigenvalue weighted by atomic mass is 79.9. The molecule has 122 valence electrons. The molecule has 0 aliphatic rings. The number of hydrogen-bond donors (Lipinski definition) is 1. The van der Waals surface area contributed by atoms with Gasteiger partial charge in [0, 0.05) is 17.2 Å². The van der Waals surface area contributed by atoms with Crippen LogP contribution >= 0.6 is 15.9 Å². The second-order valence-electron chi connectivity index (χ2n) is 5.35. The molecule has 0 saturated carbocycles. The zero-order valence-electron chi connectivity index (χ0n) is 13.2. The standard InChI is InChI=1S/C20H19BrN2O/c21-17-9-11-18(12-10-17)24-15-14-23-20(16-6-2-1-3-7-16)19-8-4-5-13-22-19/h1-13,20,23H,14-15H2. The molecule has 24 heavy (non-hydrogen) atoms. The Morgan fingerprint density at radius 1 is 0.917 bits per heavy atom. The first-order valence-electron chi connectivity index (χ1n) is 7.90. The molecule has 0 fully saturated rings. The van der Waals surface area contributed by atoms with Crippen LogP contribution in [0.5, 0.6) is 5.75 Å². The molecule has 1 N–H and O–H groups in total. The molecule has 0 aliphatic carbocycles. The van der Waals surface area contributed by atoms with Gasteiger partial charge >= 0.3 is 0 Å². The Hall–Kier alpha value is -2.17. The number of rotatable bonds is 7. The summed E-state index contributed by atoms with van der Waals surface area (Å²) in [6, 6.07) is 24.2. The number of nitrogens with zero attached hydrogens (tertiary/aromatic N) is 1. The van der Waals surface area contributed by atoms with E-state index in [1.807, 2.05) is 66.9 Å². The van der Waals surface area contributed by atoms with E-state index in [2.05, 4.69) is 38.4 Å². The van der Waals surface area contributed by atoms with Gasteiger partial charge in [-0.3, -0.25) is 4.98 Å². The maximum absolute atomic E-state index is 5.78. The lowest BCUT2D eigenvalue weighted by molar-refractivity contribution is 0.309. The Bertz CT molecular complexity index is 693. The maximum Gasteiger partial charge on any atom is 0.119 e. The monoisotopic (exact) mass is 382 g/mol. The Kier molecular flexibility index (Phi) is 5.99. The lowest BCUT2D eigenvalue weighted by Gasteiger charge is -2.19. The molecular weight excluding hydrogens is 364 g/mol. The van der Waals surface area contributed by atoms with Crippen molar-refractivity contribution in [2.24, 2.45) is 0 Å². The normalized spacial score (nSPS) is 11.9. The fourth-order valence-corrected chi connectivity index (χ4v) is 2.75. The van der Waals surface area contributed by atoms with Crippen LogP contribution in [0.15, 0.2) is 83.5 Å². The number of halogens is 1. The Balaban J connectivity index is 1.61. The molecule has 1 unspecified atom stereocenters. The van der Waals surface area contributed by atoms with Crippen molar-refractivity contribution in [3.8, 4) is 5.75 Å². The molecule has 1 atom stereocenters. The molecule has 0 spiro atoms. The van der Waals surface area contributed by atoms with Gasteiger partial charge in [0.05, 0.1) is 11.7 Å². The van der Waals surface area contributed by atoms with Crippen LogP contribution in [-0.2, 0) is 0 Å². The third-order valence-electron chi connectivity index (χ3n) is 3.65. The van der Waals surface area contributed by atoms with Crippen molar-refractivity contribution >= 4 is 15.9 Å². The van der Waals surface area contributed by atoms with E-state index in [0.29, 0.717) is 6.61 Å². The zero-order chi connectivity index (χ0) is 16.6. The van der Waals surface area contributed by atoms with Crippen LogP contribution in [-0.4, -0.2) is 18.1 Å². The van der Waals surface area contributed by atoms with E-state index in [9.17, 15) is 0 Å². The van der Waals surface area contributed by atoms with Crippen molar-refractivity contribution in [1.29, 1.82) is 0 Å². The van der Waals surface area contributed by atoms with Crippen LogP contribution < -0.4 is 10.1 Å². The molecule has 3 aromatic rings. The SMILES string of the molecule is Brc1ccc(OCCNC(c2ccccc2)c2ccccn2)cc1. The summed E-state index contributed by atoms with van der Waals surface area (Å²) in [5.74, 6) is 0.870. The van der Waals surface area contributed by atoms with Crippen LogP contribution in [0, 0.1) is 0 Å². The number of benzene rings is 2. The first-order valence-corrected chi connectivity index (χ1v) is 8.70. The minimum atomic E-state index is 0.0564. The molecule has 0 saturated heterocycles. The molecule has 0 radical (unpaired) electrons. The predicted molar refractivity (Wildman–Crippen MR) is 100 cm³/mol. The Labute approximate surface area is 150 Å². The summed E-state index contributed by atoms with van der Waals surface area (Å²) < 4.78 is 6.83. The molecular formula is C20H19BrN2O. The van der Waals surface area contributed by atoms with Gasteiger partial charge in [0.25, 0.3) is 0 Å². The van der Waals surface area contributed by atoms with Gasteiger partial charge in [-0.15, -0.1) is 0 Å². The maximum atomic E-state index is 5.78. The smallest absolute Gasteiger partial charge is 0.119 e. The van der Waals surface area contributed by atoms with Crippen LogP contribution in [0.2, 0.25) is 0 Å². The highest BCUT2D eigenvalue weighted by molar-refractivity contribution is 9.10. The van der Waals surface area contributed by atoms with Crippen molar-refractivity contribution in [1.82, 2.24) is 10.3 Å². The number of pyridine rings is 1. The van der Waals surface area contributed by atoms with Gasteiger partial charge in [0.2, 0.25) is 0 Å². The van der Waals surface area contributed by atoms with Gasteiger partial charge in [-0.1, -0.05) is 52.3 Å². The van der Waals surface area contributed by atoms with E-state index >= 15 is 0 Å². The highest BCUT2D eigenvalue weighted by Crippen LogP contribution is 2.20. The molecule has 3 nitrogen and oxygen atoms in total. The number of ether oxygens (including phenoxy) is 1.